The number of aliphatic hydroxyl groups excluding tert-OH is 1. The van der Waals surface area contributed by atoms with Crippen molar-refractivity contribution in [3.8, 4) is 0 Å². The molecule has 1 heterocycles. The minimum atomic E-state index is -0.583. The molecule has 1 atom stereocenters. The molecule has 1 aromatic rings. The lowest BCUT2D eigenvalue weighted by atomic mass is 10.1. The fourth-order valence-corrected chi connectivity index (χ4v) is 2.56. The first kappa shape index (κ1) is 18.2. The van der Waals surface area contributed by atoms with Crippen LogP contribution in [0.1, 0.15) is 42.9 Å². The van der Waals surface area contributed by atoms with Crippen LogP contribution in [0.15, 0.2) is 29.3 Å². The molecule has 2 rings (SSSR count). The van der Waals surface area contributed by atoms with Gasteiger partial charge in [-0.25, -0.2) is 0 Å². The largest absolute Gasteiger partial charge is 0.386 e. The Hall–Kier alpha value is -0.820. The van der Waals surface area contributed by atoms with Crippen molar-refractivity contribution < 1.29 is 5.11 Å². The van der Waals surface area contributed by atoms with Gasteiger partial charge < -0.3 is 15.7 Å². The Bertz CT molecular complexity index is 457. The van der Waals surface area contributed by atoms with E-state index in [-0.39, 0.29) is 24.0 Å². The lowest BCUT2D eigenvalue weighted by molar-refractivity contribution is 0.186. The average molecular weight is 403 g/mol. The van der Waals surface area contributed by atoms with Gasteiger partial charge in [0.2, 0.25) is 0 Å². The summed E-state index contributed by atoms with van der Waals surface area (Å²) in [4.78, 5) is 6.50. The molecule has 3 N–H and O–H groups in total. The molecule has 21 heavy (non-hydrogen) atoms. The Labute approximate surface area is 144 Å². The Morgan fingerprint density at radius 1 is 1.29 bits per heavy atom. The number of guanidine groups is 1. The Morgan fingerprint density at radius 2 is 1.95 bits per heavy atom. The number of aryl methyl sites for hydroxylation is 1. The van der Waals surface area contributed by atoms with Crippen molar-refractivity contribution in [3.05, 3.63) is 35.4 Å². The number of nitrogens with zero attached hydrogens (tertiary/aromatic N) is 2. The summed E-state index contributed by atoms with van der Waals surface area (Å²) in [6, 6.07) is 7.89. The highest BCUT2D eigenvalue weighted by Gasteiger charge is 2.12. The number of aliphatic hydroxyl groups is 1. The Balaban J connectivity index is 0.00000220. The van der Waals surface area contributed by atoms with Gasteiger partial charge in [-0.15, -0.1) is 24.0 Å². The summed E-state index contributed by atoms with van der Waals surface area (Å²) in [5, 5.41) is 10.2. The van der Waals surface area contributed by atoms with Crippen molar-refractivity contribution in [2.75, 3.05) is 19.6 Å². The maximum Gasteiger partial charge on any atom is 0.191 e. The van der Waals surface area contributed by atoms with Crippen molar-refractivity contribution in [2.45, 2.75) is 38.7 Å². The van der Waals surface area contributed by atoms with Crippen LogP contribution in [-0.4, -0.2) is 35.6 Å². The fourth-order valence-electron chi connectivity index (χ4n) is 2.56. The van der Waals surface area contributed by atoms with Crippen LogP contribution in [0.25, 0.3) is 0 Å². The first-order chi connectivity index (χ1) is 9.66. The monoisotopic (exact) mass is 403 g/mol. The smallest absolute Gasteiger partial charge is 0.191 e. The number of hydrogen-bond acceptors (Lipinski definition) is 2. The molecule has 0 radical (unpaired) electrons. The van der Waals surface area contributed by atoms with Crippen molar-refractivity contribution in [1.29, 1.82) is 0 Å². The third kappa shape index (κ3) is 5.82. The predicted octanol–water partition coefficient (Wildman–Crippen LogP) is 2.84. The maximum absolute atomic E-state index is 10.2. The second kappa shape index (κ2) is 9.25. The molecule has 1 aliphatic rings. The van der Waals surface area contributed by atoms with Gasteiger partial charge in [0.15, 0.2) is 5.96 Å². The normalized spacial score (nSPS) is 17.8. The van der Waals surface area contributed by atoms with Gasteiger partial charge in [0, 0.05) is 13.1 Å². The summed E-state index contributed by atoms with van der Waals surface area (Å²) >= 11 is 0. The van der Waals surface area contributed by atoms with Crippen LogP contribution in [-0.2, 0) is 0 Å². The molecular formula is C16H26IN3O. The van der Waals surface area contributed by atoms with Gasteiger partial charge in [-0.1, -0.05) is 42.7 Å². The van der Waals surface area contributed by atoms with Crippen LogP contribution >= 0.6 is 24.0 Å². The van der Waals surface area contributed by atoms with E-state index in [0.717, 1.165) is 24.2 Å². The average Bonchev–Trinajstić information content (AvgIpc) is 2.73. The predicted molar refractivity (Wildman–Crippen MR) is 98.1 cm³/mol. The van der Waals surface area contributed by atoms with Gasteiger partial charge in [0.25, 0.3) is 0 Å². The number of likely N-dealkylation sites (tertiary alicyclic amines) is 1. The van der Waals surface area contributed by atoms with Crippen LogP contribution in [0.5, 0.6) is 0 Å². The van der Waals surface area contributed by atoms with Gasteiger partial charge in [0.05, 0.1) is 12.6 Å². The molecule has 1 unspecified atom stereocenters. The third-order valence-electron chi connectivity index (χ3n) is 3.78. The highest BCUT2D eigenvalue weighted by atomic mass is 127. The SMILES string of the molecule is Cc1cccc(C(O)CN=C(N)N2CCCCCC2)c1.I. The molecule has 0 spiro atoms. The van der Waals surface area contributed by atoms with E-state index < -0.39 is 6.10 Å². The topological polar surface area (TPSA) is 61.9 Å². The number of nitrogens with two attached hydrogens (primary N) is 1. The fraction of sp³-hybridized carbons (Fsp3) is 0.562. The zero-order valence-corrected chi connectivity index (χ0v) is 15.0. The summed E-state index contributed by atoms with van der Waals surface area (Å²) in [5.74, 6) is 0.568. The molecular weight excluding hydrogens is 377 g/mol. The van der Waals surface area contributed by atoms with E-state index in [4.69, 9.17) is 5.73 Å². The highest BCUT2D eigenvalue weighted by Crippen LogP contribution is 2.15. The number of hydrogen-bond donors (Lipinski definition) is 2. The van der Waals surface area contributed by atoms with Gasteiger partial charge in [-0.3, -0.25) is 4.99 Å². The molecule has 1 fully saturated rings. The molecule has 0 bridgehead atoms. The summed E-state index contributed by atoms with van der Waals surface area (Å²) in [7, 11) is 0. The number of halogens is 1. The van der Waals surface area contributed by atoms with Crippen LogP contribution in [0, 0.1) is 6.92 Å². The van der Waals surface area contributed by atoms with Crippen molar-refractivity contribution in [1.82, 2.24) is 4.90 Å². The molecule has 0 aliphatic carbocycles. The minimum absolute atomic E-state index is 0. The van der Waals surface area contributed by atoms with E-state index in [1.807, 2.05) is 31.2 Å². The molecule has 1 aliphatic heterocycles. The second-order valence-electron chi connectivity index (χ2n) is 5.53. The molecule has 1 saturated heterocycles. The van der Waals surface area contributed by atoms with E-state index in [2.05, 4.69) is 9.89 Å². The number of rotatable bonds is 3. The summed E-state index contributed by atoms with van der Waals surface area (Å²) in [5.41, 5.74) is 8.08. The lowest BCUT2D eigenvalue weighted by Gasteiger charge is -2.21. The maximum atomic E-state index is 10.2. The van der Waals surface area contributed by atoms with E-state index in [1.165, 1.54) is 25.7 Å². The van der Waals surface area contributed by atoms with Crippen molar-refractivity contribution >= 4 is 29.9 Å². The van der Waals surface area contributed by atoms with Crippen molar-refractivity contribution in [3.63, 3.8) is 0 Å². The molecule has 118 valence electrons. The van der Waals surface area contributed by atoms with Gasteiger partial charge in [-0.2, -0.15) is 0 Å². The van der Waals surface area contributed by atoms with Crippen LogP contribution in [0.4, 0.5) is 0 Å². The third-order valence-corrected chi connectivity index (χ3v) is 3.78. The van der Waals surface area contributed by atoms with Gasteiger partial charge in [-0.05, 0) is 25.3 Å². The van der Waals surface area contributed by atoms with Crippen LogP contribution < -0.4 is 5.73 Å². The molecule has 5 heteroatoms. The Morgan fingerprint density at radius 3 is 2.57 bits per heavy atom. The zero-order valence-electron chi connectivity index (χ0n) is 12.7. The molecule has 0 saturated carbocycles. The van der Waals surface area contributed by atoms with Crippen LogP contribution in [0.2, 0.25) is 0 Å². The van der Waals surface area contributed by atoms with Crippen LogP contribution in [0.3, 0.4) is 0 Å². The molecule has 0 aromatic heterocycles. The van der Waals surface area contributed by atoms with E-state index >= 15 is 0 Å². The highest BCUT2D eigenvalue weighted by molar-refractivity contribution is 14.0. The van der Waals surface area contributed by atoms with E-state index in [1.54, 1.807) is 0 Å². The quantitative estimate of drug-likeness (QED) is 0.464. The number of benzene rings is 1. The molecule has 0 amide bonds. The zero-order chi connectivity index (χ0) is 14.4. The van der Waals surface area contributed by atoms with E-state index in [0.29, 0.717) is 12.5 Å². The number of aliphatic imine (C=N–C) groups is 1. The van der Waals surface area contributed by atoms with Crippen molar-refractivity contribution in [2.24, 2.45) is 10.7 Å². The second-order valence-corrected chi connectivity index (χ2v) is 5.53. The lowest BCUT2D eigenvalue weighted by Crippen LogP contribution is -2.38. The summed E-state index contributed by atoms with van der Waals surface area (Å²) in [6.07, 6.45) is 4.32. The van der Waals surface area contributed by atoms with Gasteiger partial charge >= 0.3 is 0 Å². The van der Waals surface area contributed by atoms with E-state index in [9.17, 15) is 5.11 Å². The molecule has 4 nitrogen and oxygen atoms in total. The summed E-state index contributed by atoms with van der Waals surface area (Å²) < 4.78 is 0. The Kier molecular flexibility index (Phi) is 8.03. The first-order valence-electron chi connectivity index (χ1n) is 7.46. The minimum Gasteiger partial charge on any atom is -0.386 e. The standard InChI is InChI=1S/C16H25N3O.HI/c1-13-7-6-8-14(11-13)15(20)12-18-16(17)19-9-4-2-3-5-10-19;/h6-8,11,15,20H,2-5,9-10,12H2,1H3,(H2,17,18);1H. The molecule has 1 aromatic carbocycles. The summed E-state index contributed by atoms with van der Waals surface area (Å²) in [6.45, 7) is 4.31. The first-order valence-corrected chi connectivity index (χ1v) is 7.46. The van der Waals surface area contributed by atoms with Gasteiger partial charge in [0.1, 0.15) is 0 Å².